The summed E-state index contributed by atoms with van der Waals surface area (Å²) in [5.41, 5.74) is 2.45. The lowest BCUT2D eigenvalue weighted by Crippen LogP contribution is -1.95. The normalized spacial score (nSPS) is 14.9. The van der Waals surface area contributed by atoms with E-state index in [1.165, 1.54) is 0 Å². The number of carbonyl (C=O) groups excluding carboxylic acids is 1. The van der Waals surface area contributed by atoms with Gasteiger partial charge in [0.1, 0.15) is 0 Å². The molecule has 2 rings (SSSR count). The van der Waals surface area contributed by atoms with Crippen LogP contribution in [0.15, 0.2) is 41.0 Å². The van der Waals surface area contributed by atoms with Crippen molar-refractivity contribution in [2.75, 3.05) is 0 Å². The summed E-state index contributed by atoms with van der Waals surface area (Å²) in [6.07, 6.45) is 3.30. The second-order valence-electron chi connectivity index (χ2n) is 3.02. The molecule has 1 aromatic carbocycles. The van der Waals surface area contributed by atoms with Crippen molar-refractivity contribution >= 4 is 23.6 Å². The number of allylic oxidation sites excluding steroid dienone is 2. The van der Waals surface area contributed by atoms with Crippen LogP contribution in [0.25, 0.3) is 0 Å². The predicted molar refractivity (Wildman–Crippen MR) is 56.8 cm³/mol. The summed E-state index contributed by atoms with van der Waals surface area (Å²) in [7, 11) is 0. The number of nitrogens with zero attached hydrogens (tertiary/aromatic N) is 1. The Morgan fingerprint density at radius 1 is 1.29 bits per heavy atom. The van der Waals surface area contributed by atoms with Gasteiger partial charge in [-0.3, -0.25) is 4.79 Å². The van der Waals surface area contributed by atoms with E-state index in [1.54, 1.807) is 0 Å². The number of rotatable bonds is 2. The molecule has 2 nitrogen and oxygen atoms in total. The zero-order valence-electron chi connectivity index (χ0n) is 7.40. The Hall–Kier alpha value is -1.41. The molecule has 1 aliphatic rings. The summed E-state index contributed by atoms with van der Waals surface area (Å²) in [5.74, 6) is 0. The lowest BCUT2D eigenvalue weighted by molar-refractivity contribution is -0.104. The van der Waals surface area contributed by atoms with E-state index in [2.05, 4.69) is 4.99 Å². The third-order valence-corrected chi connectivity index (χ3v) is 2.32. The average molecular weight is 206 g/mol. The van der Waals surface area contributed by atoms with Crippen LogP contribution in [0.4, 0.5) is 0 Å². The number of aliphatic imine (C=N–C) groups is 1. The van der Waals surface area contributed by atoms with Gasteiger partial charge in [0, 0.05) is 11.4 Å². The van der Waals surface area contributed by atoms with E-state index < -0.39 is 0 Å². The number of hydrogen-bond acceptors (Lipinski definition) is 2. The lowest BCUT2D eigenvalue weighted by atomic mass is 10.1. The quantitative estimate of drug-likeness (QED) is 0.683. The van der Waals surface area contributed by atoms with Crippen LogP contribution < -0.4 is 0 Å². The first-order valence-corrected chi connectivity index (χ1v) is 4.66. The van der Waals surface area contributed by atoms with Crippen LogP contribution in [-0.2, 0) is 4.79 Å². The van der Waals surface area contributed by atoms with Gasteiger partial charge in [-0.05, 0) is 23.8 Å². The minimum absolute atomic E-state index is 0.509. The van der Waals surface area contributed by atoms with Crippen LogP contribution in [0.1, 0.15) is 12.0 Å². The van der Waals surface area contributed by atoms with Gasteiger partial charge < -0.3 is 0 Å². The van der Waals surface area contributed by atoms with Gasteiger partial charge in [0.15, 0.2) is 6.29 Å². The molecule has 0 atom stereocenters. The van der Waals surface area contributed by atoms with Crippen molar-refractivity contribution in [3.63, 3.8) is 0 Å². The second-order valence-corrected chi connectivity index (χ2v) is 3.45. The van der Waals surface area contributed by atoms with Crippen molar-refractivity contribution in [1.29, 1.82) is 0 Å². The summed E-state index contributed by atoms with van der Waals surface area (Å²) < 4.78 is 0. The maximum absolute atomic E-state index is 10.4. The molecule has 0 aromatic heterocycles. The first-order valence-electron chi connectivity index (χ1n) is 4.28. The molecule has 0 spiro atoms. The SMILES string of the molecule is O=CC1=CCC(c2ccc(Cl)cc2)=N1. The molecule has 0 aliphatic carbocycles. The third-order valence-electron chi connectivity index (χ3n) is 2.07. The molecular formula is C11H8ClNO. The van der Waals surface area contributed by atoms with Crippen LogP contribution in [0.2, 0.25) is 5.02 Å². The highest BCUT2D eigenvalue weighted by molar-refractivity contribution is 6.30. The zero-order chi connectivity index (χ0) is 9.97. The van der Waals surface area contributed by atoms with Crippen LogP contribution in [0, 0.1) is 0 Å². The van der Waals surface area contributed by atoms with Crippen LogP contribution >= 0.6 is 11.6 Å². The van der Waals surface area contributed by atoms with Gasteiger partial charge in [-0.1, -0.05) is 23.7 Å². The summed E-state index contributed by atoms with van der Waals surface area (Å²) >= 11 is 5.77. The first-order chi connectivity index (χ1) is 6.79. The van der Waals surface area contributed by atoms with E-state index in [4.69, 9.17) is 11.6 Å². The standard InChI is InChI=1S/C11H8ClNO/c12-9-3-1-8(2-4-9)11-6-5-10(7-14)13-11/h1-5,7H,6H2. The Morgan fingerprint density at radius 2 is 2.00 bits per heavy atom. The monoisotopic (exact) mass is 205 g/mol. The smallest absolute Gasteiger partial charge is 0.168 e. The number of halogens is 1. The first kappa shape index (κ1) is 9.16. The van der Waals surface area contributed by atoms with E-state index in [1.807, 2.05) is 30.3 Å². The Balaban J connectivity index is 2.27. The maximum atomic E-state index is 10.4. The van der Waals surface area contributed by atoms with Crippen LogP contribution in [-0.4, -0.2) is 12.0 Å². The summed E-state index contributed by atoms with van der Waals surface area (Å²) in [4.78, 5) is 14.6. The summed E-state index contributed by atoms with van der Waals surface area (Å²) in [6, 6.07) is 7.45. The molecular weight excluding hydrogens is 198 g/mol. The highest BCUT2D eigenvalue weighted by Gasteiger charge is 2.09. The number of hydrogen-bond donors (Lipinski definition) is 0. The second kappa shape index (κ2) is 3.76. The van der Waals surface area contributed by atoms with Gasteiger partial charge >= 0.3 is 0 Å². The Kier molecular flexibility index (Phi) is 2.46. The zero-order valence-corrected chi connectivity index (χ0v) is 8.16. The molecule has 1 heterocycles. The molecule has 0 N–H and O–H groups in total. The van der Waals surface area contributed by atoms with Crippen molar-refractivity contribution in [3.05, 3.63) is 46.6 Å². The highest BCUT2D eigenvalue weighted by Crippen LogP contribution is 2.17. The van der Waals surface area contributed by atoms with Gasteiger partial charge in [0.25, 0.3) is 0 Å². The fraction of sp³-hybridized carbons (Fsp3) is 0.0909. The fourth-order valence-corrected chi connectivity index (χ4v) is 1.47. The van der Waals surface area contributed by atoms with E-state index in [-0.39, 0.29) is 0 Å². The van der Waals surface area contributed by atoms with Crippen LogP contribution in [0.5, 0.6) is 0 Å². The minimum atomic E-state index is 0.509. The number of aldehydes is 1. The molecule has 14 heavy (non-hydrogen) atoms. The van der Waals surface area contributed by atoms with Crippen molar-refractivity contribution in [2.45, 2.75) is 6.42 Å². The van der Waals surface area contributed by atoms with E-state index in [0.717, 1.165) is 24.0 Å². The van der Waals surface area contributed by atoms with E-state index in [0.29, 0.717) is 10.7 Å². The van der Waals surface area contributed by atoms with Crippen molar-refractivity contribution in [2.24, 2.45) is 4.99 Å². The van der Waals surface area contributed by atoms with Gasteiger partial charge in [-0.25, -0.2) is 4.99 Å². The van der Waals surface area contributed by atoms with Crippen molar-refractivity contribution in [1.82, 2.24) is 0 Å². The molecule has 0 saturated heterocycles. The minimum Gasteiger partial charge on any atom is -0.296 e. The van der Waals surface area contributed by atoms with E-state index >= 15 is 0 Å². The fourth-order valence-electron chi connectivity index (χ4n) is 1.35. The Morgan fingerprint density at radius 3 is 2.57 bits per heavy atom. The average Bonchev–Trinajstić information content (AvgIpc) is 2.67. The molecule has 70 valence electrons. The van der Waals surface area contributed by atoms with Gasteiger partial charge in [-0.15, -0.1) is 0 Å². The topological polar surface area (TPSA) is 29.4 Å². The predicted octanol–water partition coefficient (Wildman–Crippen LogP) is 2.62. The highest BCUT2D eigenvalue weighted by atomic mass is 35.5. The third kappa shape index (κ3) is 1.75. The molecule has 0 radical (unpaired) electrons. The molecule has 3 heteroatoms. The van der Waals surface area contributed by atoms with Gasteiger partial charge in [0.05, 0.1) is 11.4 Å². The van der Waals surface area contributed by atoms with E-state index in [9.17, 15) is 4.79 Å². The Labute approximate surface area is 86.9 Å². The molecule has 0 unspecified atom stereocenters. The summed E-state index contributed by atoms with van der Waals surface area (Å²) in [6.45, 7) is 0. The molecule has 0 saturated carbocycles. The van der Waals surface area contributed by atoms with Crippen LogP contribution in [0.3, 0.4) is 0 Å². The summed E-state index contributed by atoms with van der Waals surface area (Å²) in [5, 5.41) is 0.705. The number of benzene rings is 1. The molecule has 0 fully saturated rings. The molecule has 1 aliphatic heterocycles. The van der Waals surface area contributed by atoms with Crippen molar-refractivity contribution in [3.8, 4) is 0 Å². The molecule has 0 amide bonds. The van der Waals surface area contributed by atoms with Gasteiger partial charge in [0.2, 0.25) is 0 Å². The number of carbonyl (C=O) groups is 1. The lowest BCUT2D eigenvalue weighted by Gasteiger charge is -1.99. The maximum Gasteiger partial charge on any atom is 0.168 e. The molecule has 1 aromatic rings. The molecule has 0 bridgehead atoms. The Bertz CT molecular complexity index is 417. The largest absolute Gasteiger partial charge is 0.296 e. The van der Waals surface area contributed by atoms with Gasteiger partial charge in [-0.2, -0.15) is 0 Å². The van der Waals surface area contributed by atoms with Crippen molar-refractivity contribution < 1.29 is 4.79 Å².